The lowest BCUT2D eigenvalue weighted by Gasteiger charge is -2.11. The maximum absolute atomic E-state index is 12.5. The summed E-state index contributed by atoms with van der Waals surface area (Å²) in [5, 5.41) is 12.3. The van der Waals surface area contributed by atoms with Gasteiger partial charge < -0.3 is 10.1 Å². The van der Waals surface area contributed by atoms with Crippen LogP contribution in [0, 0.1) is 11.3 Å². The minimum Gasteiger partial charge on any atom is -0.497 e. The summed E-state index contributed by atoms with van der Waals surface area (Å²) in [5.74, 6) is 0.703. The molecule has 0 aliphatic rings. The van der Waals surface area contributed by atoms with Gasteiger partial charge in [0.2, 0.25) is 16.0 Å². The van der Waals surface area contributed by atoms with Gasteiger partial charge in [0.25, 0.3) is 5.56 Å². The predicted octanol–water partition coefficient (Wildman–Crippen LogP) is 3.14. The minimum absolute atomic E-state index is 0.0771. The fourth-order valence-corrected chi connectivity index (χ4v) is 4.06. The zero-order valence-electron chi connectivity index (χ0n) is 17.7. The van der Waals surface area contributed by atoms with Crippen molar-refractivity contribution in [1.82, 2.24) is 14.7 Å². The van der Waals surface area contributed by atoms with E-state index in [-0.39, 0.29) is 22.1 Å². The van der Waals surface area contributed by atoms with E-state index < -0.39 is 15.6 Å². The summed E-state index contributed by atoms with van der Waals surface area (Å²) in [6.45, 7) is 2.33. The Morgan fingerprint density at radius 1 is 1.19 bits per heavy atom. The van der Waals surface area contributed by atoms with E-state index in [0.29, 0.717) is 23.5 Å². The number of nitrogens with one attached hydrogen (secondary N) is 3. The van der Waals surface area contributed by atoms with Gasteiger partial charge in [0, 0.05) is 17.8 Å². The molecule has 0 bridgehead atoms. The number of unbranched alkanes of at least 4 members (excludes halogenated alkanes) is 1. The van der Waals surface area contributed by atoms with E-state index in [9.17, 15) is 18.5 Å². The highest BCUT2D eigenvalue weighted by atomic mass is 32.2. The summed E-state index contributed by atoms with van der Waals surface area (Å²) in [6, 6.07) is 14.8. The topological polar surface area (TPSA) is 137 Å². The monoisotopic (exact) mass is 453 g/mol. The van der Waals surface area contributed by atoms with E-state index >= 15 is 0 Å². The van der Waals surface area contributed by atoms with Crippen LogP contribution in [0.3, 0.4) is 0 Å². The number of hydrogen-bond acceptors (Lipinski definition) is 7. The van der Waals surface area contributed by atoms with Crippen molar-refractivity contribution in [3.8, 4) is 23.1 Å². The molecule has 0 saturated heterocycles. The number of nitriles is 1. The SMILES string of the molecule is CCCCNS(=O)(=O)c1cccc(Nc2nc(-c3ccc(OC)cc3)c(C#N)c(=O)[nH]2)c1. The molecule has 3 aromatic rings. The fraction of sp³-hybridized carbons (Fsp3) is 0.227. The van der Waals surface area contributed by atoms with Crippen molar-refractivity contribution < 1.29 is 13.2 Å². The van der Waals surface area contributed by atoms with E-state index in [1.807, 2.05) is 13.0 Å². The predicted molar refractivity (Wildman–Crippen MR) is 121 cm³/mol. The number of methoxy groups -OCH3 is 1. The summed E-state index contributed by atoms with van der Waals surface area (Å²) in [6.07, 6.45) is 1.61. The van der Waals surface area contributed by atoms with Gasteiger partial charge in [0.05, 0.1) is 17.7 Å². The Labute approximate surface area is 186 Å². The molecule has 0 atom stereocenters. The smallest absolute Gasteiger partial charge is 0.270 e. The summed E-state index contributed by atoms with van der Waals surface area (Å²) >= 11 is 0. The third-order valence-corrected chi connectivity index (χ3v) is 6.08. The number of H-pyrrole nitrogens is 1. The van der Waals surface area contributed by atoms with Gasteiger partial charge in [-0.2, -0.15) is 5.26 Å². The molecule has 1 heterocycles. The molecule has 166 valence electrons. The lowest BCUT2D eigenvalue weighted by molar-refractivity contribution is 0.415. The number of nitrogens with zero attached hydrogens (tertiary/aromatic N) is 2. The highest BCUT2D eigenvalue weighted by molar-refractivity contribution is 7.89. The van der Waals surface area contributed by atoms with Crippen LogP contribution in [-0.4, -0.2) is 32.0 Å². The second-order valence-corrected chi connectivity index (χ2v) is 8.65. The summed E-state index contributed by atoms with van der Waals surface area (Å²) in [4.78, 5) is 19.5. The van der Waals surface area contributed by atoms with Gasteiger partial charge in [-0.25, -0.2) is 18.1 Å². The fourth-order valence-electron chi connectivity index (χ4n) is 2.94. The van der Waals surface area contributed by atoms with E-state index in [0.717, 1.165) is 12.8 Å². The van der Waals surface area contributed by atoms with Crippen LogP contribution < -0.4 is 20.3 Å². The average molecular weight is 454 g/mol. The lowest BCUT2D eigenvalue weighted by Crippen LogP contribution is -2.24. The molecule has 0 fully saturated rings. The molecule has 3 N–H and O–H groups in total. The molecule has 9 nitrogen and oxygen atoms in total. The normalized spacial score (nSPS) is 11.0. The second-order valence-electron chi connectivity index (χ2n) is 6.88. The first-order valence-corrected chi connectivity index (χ1v) is 11.4. The maximum atomic E-state index is 12.5. The molecular weight excluding hydrogens is 430 g/mol. The molecule has 1 aromatic heterocycles. The largest absolute Gasteiger partial charge is 0.497 e. The first kappa shape index (κ1) is 23.0. The van der Waals surface area contributed by atoms with Crippen LogP contribution in [0.15, 0.2) is 58.2 Å². The molecule has 0 aliphatic heterocycles. The molecule has 0 spiro atoms. The van der Waals surface area contributed by atoms with E-state index in [2.05, 4.69) is 20.0 Å². The van der Waals surface area contributed by atoms with Crippen LogP contribution in [0.4, 0.5) is 11.6 Å². The number of benzene rings is 2. The van der Waals surface area contributed by atoms with Gasteiger partial charge in [-0.15, -0.1) is 0 Å². The molecule has 0 radical (unpaired) electrons. The summed E-state index contributed by atoms with van der Waals surface area (Å²) in [5.41, 5.74) is 0.439. The molecule has 0 unspecified atom stereocenters. The van der Waals surface area contributed by atoms with Gasteiger partial charge in [0.15, 0.2) is 0 Å². The zero-order valence-corrected chi connectivity index (χ0v) is 18.5. The number of ether oxygens (including phenoxy) is 1. The van der Waals surface area contributed by atoms with Gasteiger partial charge >= 0.3 is 0 Å². The Morgan fingerprint density at radius 2 is 1.94 bits per heavy atom. The Hall–Kier alpha value is -3.68. The average Bonchev–Trinajstić information content (AvgIpc) is 2.79. The second kappa shape index (κ2) is 10.1. The molecular formula is C22H23N5O4S. The molecule has 2 aromatic carbocycles. The Bertz CT molecular complexity index is 1300. The van der Waals surface area contributed by atoms with Crippen molar-refractivity contribution in [3.63, 3.8) is 0 Å². The Morgan fingerprint density at radius 3 is 2.59 bits per heavy atom. The van der Waals surface area contributed by atoms with Crippen molar-refractivity contribution in [1.29, 1.82) is 5.26 Å². The third kappa shape index (κ3) is 5.32. The quantitative estimate of drug-likeness (QED) is 0.423. The number of aromatic amines is 1. The van der Waals surface area contributed by atoms with Crippen LogP contribution in [0.1, 0.15) is 25.3 Å². The Kier molecular flexibility index (Phi) is 7.25. The van der Waals surface area contributed by atoms with Crippen molar-refractivity contribution in [2.75, 3.05) is 19.0 Å². The molecule has 32 heavy (non-hydrogen) atoms. The van der Waals surface area contributed by atoms with Crippen LogP contribution >= 0.6 is 0 Å². The Balaban J connectivity index is 1.94. The molecule has 0 saturated carbocycles. The van der Waals surface area contributed by atoms with Crippen LogP contribution in [0.5, 0.6) is 5.75 Å². The minimum atomic E-state index is -3.66. The molecule has 0 aliphatic carbocycles. The van der Waals surface area contributed by atoms with Gasteiger partial charge in [0.1, 0.15) is 17.4 Å². The van der Waals surface area contributed by atoms with E-state index in [1.165, 1.54) is 19.2 Å². The molecule has 0 amide bonds. The third-order valence-electron chi connectivity index (χ3n) is 4.62. The van der Waals surface area contributed by atoms with Gasteiger partial charge in [-0.3, -0.25) is 9.78 Å². The van der Waals surface area contributed by atoms with Crippen molar-refractivity contribution in [2.24, 2.45) is 0 Å². The zero-order chi connectivity index (χ0) is 23.1. The van der Waals surface area contributed by atoms with Crippen LogP contribution in [-0.2, 0) is 10.0 Å². The first-order chi connectivity index (χ1) is 15.4. The molecule has 3 rings (SSSR count). The number of aromatic nitrogens is 2. The number of anilines is 2. The number of hydrogen-bond donors (Lipinski definition) is 3. The first-order valence-electron chi connectivity index (χ1n) is 9.93. The number of rotatable bonds is 9. The number of sulfonamides is 1. The van der Waals surface area contributed by atoms with Crippen molar-refractivity contribution >= 4 is 21.7 Å². The molecule has 10 heteroatoms. The highest BCUT2D eigenvalue weighted by Crippen LogP contribution is 2.24. The summed E-state index contributed by atoms with van der Waals surface area (Å²) < 4.78 is 32.7. The van der Waals surface area contributed by atoms with E-state index in [4.69, 9.17) is 4.74 Å². The highest BCUT2D eigenvalue weighted by Gasteiger charge is 2.16. The van der Waals surface area contributed by atoms with Crippen LogP contribution in [0.25, 0.3) is 11.3 Å². The van der Waals surface area contributed by atoms with Crippen molar-refractivity contribution in [2.45, 2.75) is 24.7 Å². The van der Waals surface area contributed by atoms with Crippen molar-refractivity contribution in [3.05, 3.63) is 64.4 Å². The van der Waals surface area contributed by atoms with Crippen LogP contribution in [0.2, 0.25) is 0 Å². The lowest BCUT2D eigenvalue weighted by atomic mass is 10.1. The van der Waals surface area contributed by atoms with Gasteiger partial charge in [-0.05, 0) is 48.9 Å². The van der Waals surface area contributed by atoms with Gasteiger partial charge in [-0.1, -0.05) is 19.4 Å². The standard InChI is InChI=1S/C22H23N5O4S/c1-3-4-12-24-32(29,30)18-7-5-6-16(13-18)25-22-26-20(19(14-23)21(28)27-22)15-8-10-17(31-2)11-9-15/h5-11,13,24H,3-4,12H2,1-2H3,(H2,25,26,27,28). The van der Waals surface area contributed by atoms with E-state index in [1.54, 1.807) is 36.4 Å². The summed E-state index contributed by atoms with van der Waals surface area (Å²) in [7, 11) is -2.12. The maximum Gasteiger partial charge on any atom is 0.270 e.